The van der Waals surface area contributed by atoms with Crippen LogP contribution in [-0.2, 0) is 0 Å². The minimum Gasteiger partial charge on any atom is -0.485 e. The van der Waals surface area contributed by atoms with E-state index in [0.29, 0.717) is 13.1 Å². The Morgan fingerprint density at radius 2 is 2.11 bits per heavy atom. The molecule has 1 N–H and O–H groups in total. The van der Waals surface area contributed by atoms with Crippen LogP contribution in [0.1, 0.15) is 35.3 Å². The zero-order valence-corrected chi connectivity index (χ0v) is 15.5. The summed E-state index contributed by atoms with van der Waals surface area (Å²) in [6, 6.07) is 5.27. The van der Waals surface area contributed by atoms with Gasteiger partial charge in [-0.1, -0.05) is 0 Å². The summed E-state index contributed by atoms with van der Waals surface area (Å²) in [6.07, 6.45) is 6.28. The summed E-state index contributed by atoms with van der Waals surface area (Å²) in [5.74, 6) is 1.41. The van der Waals surface area contributed by atoms with Crippen LogP contribution < -0.4 is 15.1 Å². The number of carbonyl (C=O) groups is 1. The van der Waals surface area contributed by atoms with E-state index in [1.54, 1.807) is 18.0 Å². The van der Waals surface area contributed by atoms with E-state index in [9.17, 15) is 9.59 Å². The highest BCUT2D eigenvalue weighted by atomic mass is 16.5. The zero-order valence-electron chi connectivity index (χ0n) is 15.5. The van der Waals surface area contributed by atoms with Crippen molar-refractivity contribution in [3.63, 3.8) is 0 Å². The SMILES string of the molecule is Cc1cc(=O)c(C(=O)N2CCC(Oc3cccnc3N3CCCC3)C2)c[nH]1. The average Bonchev–Trinajstić information content (AvgIpc) is 3.34. The Labute approximate surface area is 158 Å². The largest absolute Gasteiger partial charge is 0.485 e. The fourth-order valence-corrected chi connectivity index (χ4v) is 3.74. The van der Waals surface area contributed by atoms with Crippen molar-refractivity contribution in [2.75, 3.05) is 31.1 Å². The summed E-state index contributed by atoms with van der Waals surface area (Å²) in [6.45, 7) is 4.84. The molecule has 27 heavy (non-hydrogen) atoms. The number of amides is 1. The Bertz CT molecular complexity index is 889. The molecule has 2 aliphatic heterocycles. The number of ether oxygens (including phenoxy) is 1. The molecule has 4 heterocycles. The number of carbonyl (C=O) groups excluding carboxylic acids is 1. The van der Waals surface area contributed by atoms with Crippen molar-refractivity contribution in [2.45, 2.75) is 32.3 Å². The number of anilines is 1. The molecule has 1 atom stereocenters. The molecule has 0 spiro atoms. The number of rotatable bonds is 4. The molecule has 0 saturated carbocycles. The summed E-state index contributed by atoms with van der Waals surface area (Å²) in [5, 5.41) is 0. The molecule has 0 aromatic carbocycles. The Hall–Kier alpha value is -2.83. The molecule has 2 aromatic heterocycles. The Morgan fingerprint density at radius 3 is 2.89 bits per heavy atom. The van der Waals surface area contributed by atoms with E-state index in [1.807, 2.05) is 12.1 Å². The fraction of sp³-hybridized carbons (Fsp3) is 0.450. The smallest absolute Gasteiger partial charge is 0.259 e. The summed E-state index contributed by atoms with van der Waals surface area (Å²) >= 11 is 0. The normalized spacial score (nSPS) is 19.5. The van der Waals surface area contributed by atoms with Crippen LogP contribution in [0.3, 0.4) is 0 Å². The lowest BCUT2D eigenvalue weighted by atomic mass is 10.2. The summed E-state index contributed by atoms with van der Waals surface area (Å²) in [5.41, 5.74) is 0.676. The maximum atomic E-state index is 12.7. The van der Waals surface area contributed by atoms with Crippen molar-refractivity contribution >= 4 is 11.7 Å². The molecule has 0 bridgehead atoms. The first-order valence-corrected chi connectivity index (χ1v) is 9.47. The van der Waals surface area contributed by atoms with E-state index in [4.69, 9.17) is 4.74 Å². The van der Waals surface area contributed by atoms with Crippen LogP contribution >= 0.6 is 0 Å². The molecule has 142 valence electrons. The lowest BCUT2D eigenvalue weighted by Gasteiger charge is -2.22. The molecule has 2 aromatic rings. The van der Waals surface area contributed by atoms with Crippen molar-refractivity contribution in [3.05, 3.63) is 52.1 Å². The standard InChI is InChI=1S/C20H24N4O3/c1-14-11-17(25)16(12-22-14)20(26)24-10-6-15(13-24)27-18-5-4-7-21-19(18)23-8-2-3-9-23/h4-5,7,11-12,15H,2-3,6,8-10,13H2,1H3,(H,22,25). The molecule has 2 saturated heterocycles. The van der Waals surface area contributed by atoms with E-state index >= 15 is 0 Å². The number of aromatic amines is 1. The molecule has 7 heteroatoms. The van der Waals surface area contributed by atoms with Crippen LogP contribution in [0, 0.1) is 6.92 Å². The fourth-order valence-electron chi connectivity index (χ4n) is 3.74. The molecular weight excluding hydrogens is 344 g/mol. The van der Waals surface area contributed by atoms with Crippen LogP contribution in [-0.4, -0.2) is 53.1 Å². The molecule has 0 aliphatic carbocycles. The second-order valence-electron chi connectivity index (χ2n) is 7.19. The van der Waals surface area contributed by atoms with E-state index in [2.05, 4.69) is 14.9 Å². The number of aryl methyl sites for hydroxylation is 1. The number of pyridine rings is 2. The molecular formula is C20H24N4O3. The lowest BCUT2D eigenvalue weighted by Crippen LogP contribution is -2.34. The molecule has 4 rings (SSSR count). The molecule has 0 radical (unpaired) electrons. The third kappa shape index (κ3) is 3.67. The van der Waals surface area contributed by atoms with Crippen molar-refractivity contribution in [1.82, 2.24) is 14.9 Å². The number of aromatic nitrogens is 2. The van der Waals surface area contributed by atoms with E-state index in [0.717, 1.165) is 36.8 Å². The third-order valence-corrected chi connectivity index (χ3v) is 5.17. The van der Waals surface area contributed by atoms with Crippen LogP contribution in [0.4, 0.5) is 5.82 Å². The van der Waals surface area contributed by atoms with Gasteiger partial charge in [0.15, 0.2) is 17.0 Å². The molecule has 1 amide bonds. The zero-order chi connectivity index (χ0) is 18.8. The summed E-state index contributed by atoms with van der Waals surface area (Å²) < 4.78 is 6.20. The van der Waals surface area contributed by atoms with Gasteiger partial charge in [-0.05, 0) is 31.9 Å². The summed E-state index contributed by atoms with van der Waals surface area (Å²) in [7, 11) is 0. The van der Waals surface area contributed by atoms with Gasteiger partial charge in [-0.2, -0.15) is 0 Å². The predicted octanol–water partition coefficient (Wildman–Crippen LogP) is 1.97. The highest BCUT2D eigenvalue weighted by Gasteiger charge is 2.30. The van der Waals surface area contributed by atoms with Crippen molar-refractivity contribution < 1.29 is 9.53 Å². The van der Waals surface area contributed by atoms with Gasteiger partial charge in [-0.15, -0.1) is 0 Å². The first kappa shape index (κ1) is 17.6. The van der Waals surface area contributed by atoms with Crippen LogP contribution in [0.25, 0.3) is 0 Å². The number of nitrogens with zero attached hydrogens (tertiary/aromatic N) is 3. The Morgan fingerprint density at radius 1 is 1.30 bits per heavy atom. The molecule has 7 nitrogen and oxygen atoms in total. The molecule has 2 aliphatic rings. The van der Waals surface area contributed by atoms with E-state index < -0.39 is 0 Å². The van der Waals surface area contributed by atoms with Gasteiger partial charge in [0.2, 0.25) is 0 Å². The van der Waals surface area contributed by atoms with Gasteiger partial charge in [0.1, 0.15) is 11.7 Å². The first-order chi connectivity index (χ1) is 13.1. The number of nitrogens with one attached hydrogen (secondary N) is 1. The van der Waals surface area contributed by atoms with Crippen LogP contribution in [0.5, 0.6) is 5.75 Å². The summed E-state index contributed by atoms with van der Waals surface area (Å²) in [4.78, 5) is 36.2. The highest BCUT2D eigenvalue weighted by Crippen LogP contribution is 2.30. The van der Waals surface area contributed by atoms with E-state index in [-0.39, 0.29) is 23.0 Å². The van der Waals surface area contributed by atoms with Gasteiger partial charge in [-0.25, -0.2) is 4.98 Å². The second-order valence-corrected chi connectivity index (χ2v) is 7.19. The second kappa shape index (κ2) is 7.42. The van der Waals surface area contributed by atoms with E-state index in [1.165, 1.54) is 25.1 Å². The average molecular weight is 368 g/mol. The maximum absolute atomic E-state index is 12.7. The Kier molecular flexibility index (Phi) is 4.83. The highest BCUT2D eigenvalue weighted by molar-refractivity contribution is 5.94. The van der Waals surface area contributed by atoms with Crippen LogP contribution in [0.2, 0.25) is 0 Å². The number of hydrogen-bond donors (Lipinski definition) is 1. The van der Waals surface area contributed by atoms with Gasteiger partial charge < -0.3 is 19.5 Å². The van der Waals surface area contributed by atoms with Crippen molar-refractivity contribution in [2.24, 2.45) is 0 Å². The molecule has 2 fully saturated rings. The topological polar surface area (TPSA) is 78.5 Å². The van der Waals surface area contributed by atoms with Gasteiger partial charge in [0.05, 0.1) is 6.54 Å². The number of H-pyrrole nitrogens is 1. The van der Waals surface area contributed by atoms with Gasteiger partial charge in [0.25, 0.3) is 5.91 Å². The number of likely N-dealkylation sites (tertiary alicyclic amines) is 1. The third-order valence-electron chi connectivity index (χ3n) is 5.17. The van der Waals surface area contributed by atoms with Crippen LogP contribution in [0.15, 0.2) is 35.4 Å². The number of hydrogen-bond acceptors (Lipinski definition) is 5. The maximum Gasteiger partial charge on any atom is 0.259 e. The van der Waals surface area contributed by atoms with Gasteiger partial charge in [0, 0.05) is 50.2 Å². The van der Waals surface area contributed by atoms with Crippen molar-refractivity contribution in [3.8, 4) is 5.75 Å². The quantitative estimate of drug-likeness (QED) is 0.893. The lowest BCUT2D eigenvalue weighted by molar-refractivity contribution is 0.0771. The molecule has 1 unspecified atom stereocenters. The minimum atomic E-state index is -0.246. The monoisotopic (exact) mass is 368 g/mol. The van der Waals surface area contributed by atoms with Gasteiger partial charge in [-0.3, -0.25) is 9.59 Å². The van der Waals surface area contributed by atoms with Crippen molar-refractivity contribution in [1.29, 1.82) is 0 Å². The van der Waals surface area contributed by atoms with Gasteiger partial charge >= 0.3 is 0 Å². The predicted molar refractivity (Wildman–Crippen MR) is 102 cm³/mol. The minimum absolute atomic E-state index is 0.0935. The Balaban J connectivity index is 1.45. The first-order valence-electron chi connectivity index (χ1n) is 9.47.